The Morgan fingerprint density at radius 1 is 0.549 bits per heavy atom. The maximum absolute atomic E-state index is 12.8. The summed E-state index contributed by atoms with van der Waals surface area (Å²) in [6.45, 7) is 17.5. The Morgan fingerprint density at radius 3 is 1.59 bits per heavy atom. The number of hydrogen-bond donors (Lipinski definition) is 2. The zero-order valence-electron chi connectivity index (χ0n) is 47.2. The second-order valence-corrected chi connectivity index (χ2v) is 27.2. The Hall–Kier alpha value is -2.13. The van der Waals surface area contributed by atoms with Crippen LogP contribution >= 0.6 is 11.8 Å². The number of carbonyl (C=O) groups excluding carboxylic acids is 2. The number of hydrogen-bond acceptors (Lipinski definition) is 7. The fourth-order valence-electron chi connectivity index (χ4n) is 10.6. The fraction of sp³-hybridized carbons (Fsp3) is 0.778. The van der Waals surface area contributed by atoms with Crippen LogP contribution < -0.4 is 15.7 Å². The number of esters is 2. The van der Waals surface area contributed by atoms with Crippen LogP contribution in [0.2, 0.25) is 5.04 Å². The number of thioether (sulfide) groups is 1. The maximum atomic E-state index is 12.8. The van der Waals surface area contributed by atoms with Crippen LogP contribution in [0.5, 0.6) is 0 Å². The van der Waals surface area contributed by atoms with Gasteiger partial charge in [-0.2, -0.15) is 11.8 Å². The maximum Gasteiger partial charge on any atom is 0.306 e. The zero-order chi connectivity index (χ0) is 51.7. The highest BCUT2D eigenvalue weighted by Gasteiger charge is 2.49. The van der Waals surface area contributed by atoms with Gasteiger partial charge in [-0.3, -0.25) is 9.59 Å². The summed E-state index contributed by atoms with van der Waals surface area (Å²) in [4.78, 5) is 38.2. The van der Waals surface area contributed by atoms with Gasteiger partial charge in [0.1, 0.15) is 6.10 Å². The van der Waals surface area contributed by atoms with E-state index in [0.717, 1.165) is 105 Å². The minimum absolute atomic E-state index is 0.00442. The molecule has 0 heterocycles. The van der Waals surface area contributed by atoms with Crippen molar-refractivity contribution in [2.45, 2.75) is 278 Å². The summed E-state index contributed by atoms with van der Waals surface area (Å²) in [6.07, 6.45) is 37.3. The van der Waals surface area contributed by atoms with Crippen LogP contribution in [0.15, 0.2) is 60.7 Å². The molecule has 4 atom stereocenters. The minimum atomic E-state index is -3.01. The van der Waals surface area contributed by atoms with Gasteiger partial charge in [-0.15, -0.1) is 0 Å². The van der Waals surface area contributed by atoms with Gasteiger partial charge < -0.3 is 19.6 Å². The molecule has 2 rings (SSSR count). The van der Waals surface area contributed by atoms with Crippen molar-refractivity contribution < 1.29 is 23.9 Å². The average Bonchev–Trinajstić information content (AvgIpc) is 3.37. The molecule has 4 unspecified atom stereocenters. The van der Waals surface area contributed by atoms with Crippen LogP contribution in [-0.2, 0) is 19.1 Å². The molecule has 0 bridgehead atoms. The van der Waals surface area contributed by atoms with Crippen molar-refractivity contribution >= 4 is 42.4 Å². The SMILES string of the molecule is CCCCCCCC(=O)OCCC(CCCCC)CCC(CCC(CCCCC)CCSCC(CCCC)OC(=O)CCCCCCC)NCCCCCC(C)(C)[Si](O)(c1ccccc1)c1ccccc1. The van der Waals surface area contributed by atoms with Crippen molar-refractivity contribution in [3.8, 4) is 0 Å². The van der Waals surface area contributed by atoms with Gasteiger partial charge in [-0.05, 0) is 110 Å². The molecule has 71 heavy (non-hydrogen) atoms. The van der Waals surface area contributed by atoms with Crippen molar-refractivity contribution in [2.24, 2.45) is 11.8 Å². The summed E-state index contributed by atoms with van der Waals surface area (Å²) in [6, 6.07) is 21.4. The first-order chi connectivity index (χ1) is 34.5. The summed E-state index contributed by atoms with van der Waals surface area (Å²) in [5.74, 6) is 3.32. The van der Waals surface area contributed by atoms with Crippen LogP contribution in [0, 0.1) is 11.8 Å². The largest absolute Gasteiger partial charge is 0.466 e. The van der Waals surface area contributed by atoms with Crippen molar-refractivity contribution in [3.63, 3.8) is 0 Å². The molecule has 2 aromatic carbocycles. The van der Waals surface area contributed by atoms with E-state index in [4.69, 9.17) is 9.47 Å². The smallest absolute Gasteiger partial charge is 0.306 e. The van der Waals surface area contributed by atoms with Crippen molar-refractivity contribution in [3.05, 3.63) is 60.7 Å². The predicted octanol–water partition coefficient (Wildman–Crippen LogP) is 16.9. The average molecular weight is 1020 g/mol. The van der Waals surface area contributed by atoms with E-state index in [9.17, 15) is 14.4 Å². The van der Waals surface area contributed by atoms with Crippen LogP contribution in [0.3, 0.4) is 0 Å². The summed E-state index contributed by atoms with van der Waals surface area (Å²) >= 11 is 2.01. The number of carbonyl (C=O) groups is 2. The van der Waals surface area contributed by atoms with Gasteiger partial charge in [0.05, 0.1) is 6.61 Å². The molecule has 8 heteroatoms. The van der Waals surface area contributed by atoms with Crippen LogP contribution in [-0.4, -0.2) is 61.9 Å². The van der Waals surface area contributed by atoms with Gasteiger partial charge in [-0.25, -0.2) is 0 Å². The van der Waals surface area contributed by atoms with Gasteiger partial charge in [-0.1, -0.05) is 238 Å². The first-order valence-electron chi connectivity index (χ1n) is 30.0. The highest BCUT2D eigenvalue weighted by atomic mass is 32.2. The molecular formula is C63H111NO5SSi. The van der Waals surface area contributed by atoms with Crippen molar-refractivity contribution in [2.75, 3.05) is 24.7 Å². The topological polar surface area (TPSA) is 84.9 Å². The number of rotatable bonds is 48. The molecule has 0 aliphatic rings. The van der Waals surface area contributed by atoms with Crippen LogP contribution in [0.4, 0.5) is 0 Å². The molecule has 0 radical (unpaired) electrons. The molecular weight excluding hydrogens is 911 g/mol. The molecule has 0 aliphatic heterocycles. The van der Waals surface area contributed by atoms with Gasteiger partial charge in [0.2, 0.25) is 0 Å². The molecule has 408 valence electrons. The Morgan fingerprint density at radius 2 is 1.04 bits per heavy atom. The molecule has 6 nitrogen and oxygen atoms in total. The third kappa shape index (κ3) is 29.5. The van der Waals surface area contributed by atoms with E-state index < -0.39 is 8.32 Å². The van der Waals surface area contributed by atoms with Gasteiger partial charge >= 0.3 is 11.9 Å². The molecule has 2 aromatic rings. The molecule has 0 spiro atoms. The summed E-state index contributed by atoms with van der Waals surface area (Å²) in [7, 11) is -3.01. The predicted molar refractivity (Wildman–Crippen MR) is 312 cm³/mol. The zero-order valence-corrected chi connectivity index (χ0v) is 49.1. The first-order valence-corrected chi connectivity index (χ1v) is 33.1. The third-order valence-electron chi connectivity index (χ3n) is 15.5. The van der Waals surface area contributed by atoms with Gasteiger partial charge in [0.25, 0.3) is 8.32 Å². The quantitative estimate of drug-likeness (QED) is 0.0388. The lowest BCUT2D eigenvalue weighted by atomic mass is 9.88. The van der Waals surface area contributed by atoms with E-state index in [1.807, 2.05) is 23.9 Å². The molecule has 0 aliphatic carbocycles. The molecule has 2 N–H and O–H groups in total. The summed E-state index contributed by atoms with van der Waals surface area (Å²) in [5, 5.41) is 6.09. The lowest BCUT2D eigenvalue weighted by Gasteiger charge is -2.41. The Balaban J connectivity index is 2.11. The van der Waals surface area contributed by atoms with Crippen molar-refractivity contribution in [1.29, 1.82) is 0 Å². The number of unbranched alkanes of at least 4 members (excludes halogenated alkanes) is 15. The first kappa shape index (κ1) is 65.0. The minimum Gasteiger partial charge on any atom is -0.466 e. The highest BCUT2D eigenvalue weighted by molar-refractivity contribution is 7.99. The molecule has 0 aromatic heterocycles. The van der Waals surface area contributed by atoms with E-state index >= 15 is 0 Å². The van der Waals surface area contributed by atoms with E-state index in [2.05, 4.69) is 102 Å². The number of benzene rings is 2. The van der Waals surface area contributed by atoms with Crippen LogP contribution in [0.25, 0.3) is 0 Å². The highest BCUT2D eigenvalue weighted by Crippen LogP contribution is 2.40. The third-order valence-corrected chi connectivity index (χ3v) is 21.1. The van der Waals surface area contributed by atoms with Crippen LogP contribution in [0.1, 0.15) is 260 Å². The lowest BCUT2D eigenvalue weighted by Crippen LogP contribution is -2.65. The molecule has 0 amide bonds. The standard InChI is InChI=1S/C63H111NO5SSi/c1-8-13-18-20-31-42-61(65)68-52-48-55(35-25-15-10-3)44-46-57(64-51-34-24-33-50-63(6,7)71(67,59-38-27-22-28-39-59)60-40-29-23-30-41-60)47-45-56(36-26-16-11-4)49-53-70-54-58(37-17-12-5)69-62(66)43-32-21-19-14-9-2/h22-23,27-30,38-41,55-58,64,67H,8-21,24-26,31-37,42-54H2,1-7H3. The van der Waals surface area contributed by atoms with E-state index in [0.29, 0.717) is 37.3 Å². The Kier molecular flexibility index (Phi) is 38.6. The Labute approximate surface area is 444 Å². The summed E-state index contributed by atoms with van der Waals surface area (Å²) < 4.78 is 11.9. The number of nitrogens with one attached hydrogen (secondary N) is 1. The van der Waals surface area contributed by atoms with E-state index in [1.54, 1.807) is 0 Å². The van der Waals surface area contributed by atoms with E-state index in [1.165, 1.54) is 122 Å². The molecule has 0 saturated heterocycles. The summed E-state index contributed by atoms with van der Waals surface area (Å²) in [5.41, 5.74) is 0. The fourth-order valence-corrected chi connectivity index (χ4v) is 15.5. The second kappa shape index (κ2) is 42.1. The van der Waals surface area contributed by atoms with Gasteiger partial charge in [0.15, 0.2) is 0 Å². The number of ether oxygens (including phenoxy) is 2. The normalized spacial score (nSPS) is 13.7. The Bertz CT molecular complexity index is 1500. The van der Waals surface area contributed by atoms with Crippen molar-refractivity contribution in [1.82, 2.24) is 5.32 Å². The monoisotopic (exact) mass is 1020 g/mol. The van der Waals surface area contributed by atoms with Gasteiger partial charge in [0, 0.05) is 24.6 Å². The molecule has 0 fully saturated rings. The molecule has 0 saturated carbocycles. The lowest BCUT2D eigenvalue weighted by molar-refractivity contribution is -0.148. The second-order valence-electron chi connectivity index (χ2n) is 22.1. The van der Waals surface area contributed by atoms with E-state index in [-0.39, 0.29) is 23.1 Å².